The van der Waals surface area contributed by atoms with Gasteiger partial charge in [-0.3, -0.25) is 4.90 Å². The van der Waals surface area contributed by atoms with Crippen molar-refractivity contribution in [1.82, 2.24) is 4.90 Å². The van der Waals surface area contributed by atoms with Crippen LogP contribution in [0.2, 0.25) is 4.34 Å². The second-order valence-electron chi connectivity index (χ2n) is 4.72. The summed E-state index contributed by atoms with van der Waals surface area (Å²) in [5.74, 6) is 0. The van der Waals surface area contributed by atoms with Gasteiger partial charge in [0.05, 0.1) is 10.4 Å². The summed E-state index contributed by atoms with van der Waals surface area (Å²) in [6.07, 6.45) is 5.16. The van der Waals surface area contributed by atoms with Gasteiger partial charge in [0.15, 0.2) is 0 Å². The maximum atomic E-state index is 6.02. The molecule has 96 valence electrons. The van der Waals surface area contributed by atoms with Crippen LogP contribution in [0.3, 0.4) is 0 Å². The maximum absolute atomic E-state index is 6.02. The van der Waals surface area contributed by atoms with Crippen LogP contribution in [0.4, 0.5) is 0 Å². The standard InChI is InChI=1S/C13H21ClN2S/c1-2-3-8-16(10-4-5-10)11(9-15)12-6-7-13(14)17-12/h6-7,10-11H,2-5,8-9,15H2,1H3. The Bertz CT molecular complexity index is 349. The maximum Gasteiger partial charge on any atom is 0.0931 e. The van der Waals surface area contributed by atoms with Crippen molar-refractivity contribution in [3.63, 3.8) is 0 Å². The predicted octanol–water partition coefficient (Wildman–Crippen LogP) is 3.67. The van der Waals surface area contributed by atoms with Crippen LogP contribution < -0.4 is 5.73 Å². The molecule has 1 atom stereocenters. The number of thiophene rings is 1. The topological polar surface area (TPSA) is 29.3 Å². The second kappa shape index (κ2) is 6.19. The quantitative estimate of drug-likeness (QED) is 0.821. The zero-order valence-electron chi connectivity index (χ0n) is 10.4. The summed E-state index contributed by atoms with van der Waals surface area (Å²) in [4.78, 5) is 3.91. The number of nitrogens with zero attached hydrogens (tertiary/aromatic N) is 1. The molecular formula is C13H21ClN2S. The van der Waals surface area contributed by atoms with Gasteiger partial charge in [0, 0.05) is 17.5 Å². The number of rotatable bonds is 7. The molecule has 2 rings (SSSR count). The van der Waals surface area contributed by atoms with E-state index in [4.69, 9.17) is 17.3 Å². The van der Waals surface area contributed by atoms with Crippen molar-refractivity contribution in [2.45, 2.75) is 44.7 Å². The lowest BCUT2D eigenvalue weighted by Crippen LogP contribution is -2.35. The molecule has 4 heteroatoms. The van der Waals surface area contributed by atoms with E-state index in [0.29, 0.717) is 12.6 Å². The predicted molar refractivity (Wildman–Crippen MR) is 75.8 cm³/mol. The first kappa shape index (κ1) is 13.3. The van der Waals surface area contributed by atoms with E-state index in [1.807, 2.05) is 6.07 Å². The highest BCUT2D eigenvalue weighted by Crippen LogP contribution is 2.37. The fourth-order valence-electron chi connectivity index (χ4n) is 2.26. The molecule has 0 aliphatic heterocycles. The Morgan fingerprint density at radius 3 is 2.76 bits per heavy atom. The van der Waals surface area contributed by atoms with E-state index in [1.165, 1.54) is 37.1 Å². The van der Waals surface area contributed by atoms with Crippen molar-refractivity contribution in [3.8, 4) is 0 Å². The Morgan fingerprint density at radius 2 is 2.29 bits per heavy atom. The van der Waals surface area contributed by atoms with Crippen molar-refractivity contribution in [2.24, 2.45) is 5.73 Å². The summed E-state index contributed by atoms with van der Waals surface area (Å²) in [5.41, 5.74) is 5.97. The third-order valence-corrected chi connectivity index (χ3v) is 4.66. The monoisotopic (exact) mass is 272 g/mol. The third-order valence-electron chi connectivity index (χ3n) is 3.33. The van der Waals surface area contributed by atoms with Gasteiger partial charge in [-0.2, -0.15) is 0 Å². The summed E-state index contributed by atoms with van der Waals surface area (Å²) in [6.45, 7) is 4.10. The summed E-state index contributed by atoms with van der Waals surface area (Å²) in [5, 5.41) is 0. The Hall–Kier alpha value is -0.0900. The average molecular weight is 273 g/mol. The summed E-state index contributed by atoms with van der Waals surface area (Å²) in [7, 11) is 0. The molecule has 2 nitrogen and oxygen atoms in total. The first-order chi connectivity index (χ1) is 8.26. The van der Waals surface area contributed by atoms with Crippen LogP contribution in [-0.4, -0.2) is 24.0 Å². The molecule has 1 aromatic rings. The number of unbranched alkanes of at least 4 members (excludes halogenated alkanes) is 1. The smallest absolute Gasteiger partial charge is 0.0931 e. The molecule has 1 fully saturated rings. The highest BCUT2D eigenvalue weighted by molar-refractivity contribution is 7.16. The Balaban J connectivity index is 2.08. The summed E-state index contributed by atoms with van der Waals surface area (Å²) < 4.78 is 0.865. The van der Waals surface area contributed by atoms with E-state index in [2.05, 4.69) is 17.9 Å². The van der Waals surface area contributed by atoms with Crippen LogP contribution in [0.25, 0.3) is 0 Å². The lowest BCUT2D eigenvalue weighted by molar-refractivity contribution is 0.191. The second-order valence-corrected chi connectivity index (χ2v) is 6.46. The molecule has 1 saturated carbocycles. The van der Waals surface area contributed by atoms with E-state index < -0.39 is 0 Å². The van der Waals surface area contributed by atoms with Crippen molar-refractivity contribution >= 4 is 22.9 Å². The van der Waals surface area contributed by atoms with Crippen LogP contribution in [-0.2, 0) is 0 Å². The van der Waals surface area contributed by atoms with E-state index in [9.17, 15) is 0 Å². The van der Waals surface area contributed by atoms with Crippen LogP contribution in [0.1, 0.15) is 43.5 Å². The minimum absolute atomic E-state index is 0.367. The molecule has 1 aliphatic carbocycles. The number of hydrogen-bond donors (Lipinski definition) is 1. The number of halogens is 1. The Kier molecular flexibility index (Phi) is 4.86. The SMILES string of the molecule is CCCCN(C1CC1)C(CN)c1ccc(Cl)s1. The molecule has 0 radical (unpaired) electrons. The fraction of sp³-hybridized carbons (Fsp3) is 0.692. The van der Waals surface area contributed by atoms with Gasteiger partial charge < -0.3 is 5.73 Å². The molecule has 2 N–H and O–H groups in total. The molecule has 17 heavy (non-hydrogen) atoms. The van der Waals surface area contributed by atoms with E-state index in [0.717, 1.165) is 10.4 Å². The van der Waals surface area contributed by atoms with Gasteiger partial charge in [-0.05, 0) is 37.9 Å². The van der Waals surface area contributed by atoms with E-state index >= 15 is 0 Å². The van der Waals surface area contributed by atoms with Gasteiger partial charge in [0.1, 0.15) is 0 Å². The zero-order chi connectivity index (χ0) is 12.3. The van der Waals surface area contributed by atoms with Crippen LogP contribution >= 0.6 is 22.9 Å². The zero-order valence-corrected chi connectivity index (χ0v) is 11.9. The van der Waals surface area contributed by atoms with Gasteiger partial charge in [0.2, 0.25) is 0 Å². The largest absolute Gasteiger partial charge is 0.329 e. The van der Waals surface area contributed by atoms with Crippen molar-refractivity contribution in [2.75, 3.05) is 13.1 Å². The van der Waals surface area contributed by atoms with Gasteiger partial charge >= 0.3 is 0 Å². The Labute approximate surface area is 113 Å². The molecule has 0 amide bonds. The molecule has 0 aromatic carbocycles. The average Bonchev–Trinajstić information content (AvgIpc) is 3.08. The molecule has 1 aromatic heterocycles. The molecule has 1 heterocycles. The Morgan fingerprint density at radius 1 is 1.53 bits per heavy atom. The van der Waals surface area contributed by atoms with E-state index in [1.54, 1.807) is 11.3 Å². The molecule has 1 aliphatic rings. The van der Waals surface area contributed by atoms with E-state index in [-0.39, 0.29) is 0 Å². The summed E-state index contributed by atoms with van der Waals surface area (Å²) >= 11 is 7.70. The fourth-order valence-corrected chi connectivity index (χ4v) is 3.46. The highest BCUT2D eigenvalue weighted by Gasteiger charge is 2.34. The first-order valence-corrected chi connectivity index (χ1v) is 7.66. The number of hydrogen-bond acceptors (Lipinski definition) is 3. The van der Waals surface area contributed by atoms with Crippen molar-refractivity contribution < 1.29 is 0 Å². The van der Waals surface area contributed by atoms with Crippen LogP contribution in [0.5, 0.6) is 0 Å². The van der Waals surface area contributed by atoms with Gasteiger partial charge in [-0.15, -0.1) is 11.3 Å². The normalized spacial score (nSPS) is 17.6. The molecule has 0 saturated heterocycles. The minimum Gasteiger partial charge on any atom is -0.329 e. The molecular weight excluding hydrogens is 252 g/mol. The number of nitrogens with two attached hydrogens (primary N) is 1. The van der Waals surface area contributed by atoms with Crippen LogP contribution in [0, 0.1) is 0 Å². The third kappa shape index (κ3) is 3.44. The van der Waals surface area contributed by atoms with Crippen molar-refractivity contribution in [3.05, 3.63) is 21.3 Å². The van der Waals surface area contributed by atoms with Gasteiger partial charge in [-0.25, -0.2) is 0 Å². The minimum atomic E-state index is 0.367. The summed E-state index contributed by atoms with van der Waals surface area (Å²) in [6, 6.07) is 5.24. The highest BCUT2D eigenvalue weighted by atomic mass is 35.5. The van der Waals surface area contributed by atoms with Gasteiger partial charge in [0.25, 0.3) is 0 Å². The first-order valence-electron chi connectivity index (χ1n) is 6.47. The van der Waals surface area contributed by atoms with Crippen molar-refractivity contribution in [1.29, 1.82) is 0 Å². The van der Waals surface area contributed by atoms with Crippen LogP contribution in [0.15, 0.2) is 12.1 Å². The molecule has 0 bridgehead atoms. The molecule has 0 spiro atoms. The lowest BCUT2D eigenvalue weighted by Gasteiger charge is -2.30. The van der Waals surface area contributed by atoms with Gasteiger partial charge in [-0.1, -0.05) is 24.9 Å². The molecule has 1 unspecified atom stereocenters. The lowest BCUT2D eigenvalue weighted by atomic mass is 10.1.